The maximum atomic E-state index is 14.6. The summed E-state index contributed by atoms with van der Waals surface area (Å²) in [5, 5.41) is 18.7. The normalized spacial score (nSPS) is 17.7. The number of carbonyl (C=O) groups excluding carboxylic acids is 1. The molecule has 0 radical (unpaired) electrons. The number of carbonyl (C=O) groups is 1. The van der Waals surface area contributed by atoms with Gasteiger partial charge < -0.3 is 9.80 Å². The summed E-state index contributed by atoms with van der Waals surface area (Å²) in [5.41, 5.74) is 1.20. The van der Waals surface area contributed by atoms with Crippen LogP contribution in [0.25, 0.3) is 11.5 Å². The molecule has 0 saturated carbocycles. The minimum Gasteiger partial charge on any atom is -0.351 e. The van der Waals surface area contributed by atoms with E-state index in [4.69, 9.17) is 5.26 Å². The van der Waals surface area contributed by atoms with Crippen LogP contribution in [0.3, 0.4) is 0 Å². The number of rotatable bonds is 3. The number of hydrazone groups is 1. The molecule has 0 N–H and O–H groups in total. The van der Waals surface area contributed by atoms with E-state index in [9.17, 15) is 13.6 Å². The largest absolute Gasteiger partial charge is 0.351 e. The summed E-state index contributed by atoms with van der Waals surface area (Å²) in [4.78, 5) is 25.3. The number of piperazine rings is 1. The second-order valence-electron chi connectivity index (χ2n) is 8.25. The highest BCUT2D eigenvalue weighted by Crippen LogP contribution is 2.31. The molecule has 1 fully saturated rings. The topological polar surface area (TPSA) is 107 Å². The number of hydrogen-bond donors (Lipinski definition) is 0. The fraction of sp³-hybridized carbons (Fsp3) is 0.304. The van der Waals surface area contributed by atoms with Gasteiger partial charge >= 0.3 is 6.03 Å². The van der Waals surface area contributed by atoms with Crippen molar-refractivity contribution in [3.8, 4) is 17.6 Å². The molecule has 5 rings (SSSR count). The molecule has 0 bridgehead atoms. The average molecular weight is 477 g/mol. The lowest BCUT2D eigenvalue weighted by atomic mass is 10.0. The molecule has 2 aromatic heterocycles. The molecule has 1 aromatic carbocycles. The van der Waals surface area contributed by atoms with Crippen molar-refractivity contribution < 1.29 is 13.6 Å². The maximum absolute atomic E-state index is 14.6. The Balaban J connectivity index is 1.29. The Morgan fingerprint density at radius 3 is 2.66 bits per heavy atom. The third-order valence-electron chi connectivity index (χ3n) is 6.08. The van der Waals surface area contributed by atoms with Crippen LogP contribution in [-0.4, -0.2) is 68.1 Å². The van der Waals surface area contributed by atoms with Crippen molar-refractivity contribution in [2.75, 3.05) is 31.1 Å². The lowest BCUT2D eigenvalue weighted by molar-refractivity contribution is 0.139. The van der Waals surface area contributed by atoms with Gasteiger partial charge in [-0.3, -0.25) is 0 Å². The van der Waals surface area contributed by atoms with Crippen LogP contribution >= 0.6 is 0 Å². The van der Waals surface area contributed by atoms with Crippen LogP contribution in [0.4, 0.5) is 19.4 Å². The Morgan fingerprint density at radius 2 is 1.94 bits per heavy atom. The van der Waals surface area contributed by atoms with Crippen LogP contribution < -0.4 is 4.90 Å². The number of amides is 2. The van der Waals surface area contributed by atoms with Gasteiger partial charge in [-0.2, -0.15) is 15.5 Å². The van der Waals surface area contributed by atoms with Gasteiger partial charge in [0, 0.05) is 45.9 Å². The van der Waals surface area contributed by atoms with Crippen molar-refractivity contribution >= 4 is 18.1 Å². The van der Waals surface area contributed by atoms with Crippen LogP contribution in [-0.2, 0) is 7.05 Å². The first-order valence-electron chi connectivity index (χ1n) is 11.0. The number of anilines is 1. The molecule has 1 atom stereocenters. The van der Waals surface area contributed by atoms with Crippen LogP contribution in [0.2, 0.25) is 0 Å². The molecule has 0 aliphatic carbocycles. The third-order valence-corrected chi connectivity index (χ3v) is 6.08. The number of hydrogen-bond acceptors (Lipinski definition) is 7. The third kappa shape index (κ3) is 4.28. The van der Waals surface area contributed by atoms with Gasteiger partial charge in [0.2, 0.25) is 0 Å². The molecule has 12 heteroatoms. The monoisotopic (exact) mass is 477 g/mol. The minimum atomic E-state index is -0.537. The molecule has 2 aliphatic rings. The lowest BCUT2D eigenvalue weighted by Gasteiger charge is -2.37. The average Bonchev–Trinajstić information content (AvgIpc) is 3.53. The fourth-order valence-electron chi connectivity index (χ4n) is 4.30. The van der Waals surface area contributed by atoms with Crippen molar-refractivity contribution in [1.29, 1.82) is 5.26 Å². The number of halogens is 2. The standard InChI is InChI=1S/C23H21F2N9O/c1-31-22(27-14-29-31)19-3-2-18(25)21(30-19)32-6-8-33(9-7-32)23(35)34-20(4-5-28-34)16-10-15(13-26)11-17(24)12-16/h2-3,5,10-12,14,20H,4,6-9H2,1H3/t20-/m0/s1. The summed E-state index contributed by atoms with van der Waals surface area (Å²) in [6, 6.07) is 8.05. The number of nitrogens with zero attached hydrogens (tertiary/aromatic N) is 9. The van der Waals surface area contributed by atoms with Crippen LogP contribution in [0, 0.1) is 23.0 Å². The molecule has 2 amide bonds. The predicted molar refractivity (Wildman–Crippen MR) is 122 cm³/mol. The van der Waals surface area contributed by atoms with Crippen molar-refractivity contribution in [3.05, 3.63) is 59.4 Å². The molecule has 4 heterocycles. The van der Waals surface area contributed by atoms with Crippen LogP contribution in [0.5, 0.6) is 0 Å². The summed E-state index contributed by atoms with van der Waals surface area (Å²) in [7, 11) is 1.73. The van der Waals surface area contributed by atoms with Crippen molar-refractivity contribution in [2.45, 2.75) is 12.5 Å². The van der Waals surface area contributed by atoms with E-state index in [1.54, 1.807) is 39.9 Å². The second-order valence-corrected chi connectivity index (χ2v) is 8.25. The molecule has 2 aliphatic heterocycles. The van der Waals surface area contributed by atoms with Crippen molar-refractivity contribution in [1.82, 2.24) is 29.7 Å². The minimum absolute atomic E-state index is 0.186. The highest BCUT2D eigenvalue weighted by Gasteiger charge is 2.34. The van der Waals surface area contributed by atoms with Crippen LogP contribution in [0.15, 0.2) is 41.8 Å². The number of aryl methyl sites for hydroxylation is 1. The molecule has 0 spiro atoms. The maximum Gasteiger partial charge on any atom is 0.341 e. The van der Waals surface area contributed by atoms with E-state index in [2.05, 4.69) is 20.2 Å². The molecular weight excluding hydrogens is 456 g/mol. The lowest BCUT2D eigenvalue weighted by Crippen LogP contribution is -2.52. The van der Waals surface area contributed by atoms with Crippen LogP contribution in [0.1, 0.15) is 23.6 Å². The van der Waals surface area contributed by atoms with Gasteiger partial charge in [-0.25, -0.2) is 33.2 Å². The second kappa shape index (κ2) is 9.09. The van der Waals surface area contributed by atoms with E-state index in [1.807, 2.05) is 6.07 Å². The fourth-order valence-corrected chi connectivity index (χ4v) is 4.30. The van der Waals surface area contributed by atoms with E-state index in [1.165, 1.54) is 23.5 Å². The number of aromatic nitrogens is 4. The summed E-state index contributed by atoms with van der Waals surface area (Å²) in [6.45, 7) is 1.41. The summed E-state index contributed by atoms with van der Waals surface area (Å²) in [5.74, 6) is -0.280. The number of benzene rings is 1. The van der Waals surface area contributed by atoms with E-state index in [0.29, 0.717) is 49.7 Å². The Bertz CT molecular complexity index is 1340. The first-order chi connectivity index (χ1) is 16.9. The summed E-state index contributed by atoms with van der Waals surface area (Å²) in [6.07, 6.45) is 3.43. The molecule has 35 heavy (non-hydrogen) atoms. The Hall–Kier alpha value is -4.40. The van der Waals surface area contributed by atoms with Gasteiger partial charge in [0.1, 0.15) is 17.8 Å². The van der Waals surface area contributed by atoms with E-state index < -0.39 is 17.7 Å². The zero-order chi connectivity index (χ0) is 24.5. The highest BCUT2D eigenvalue weighted by molar-refractivity contribution is 5.79. The first-order valence-corrected chi connectivity index (χ1v) is 11.0. The van der Waals surface area contributed by atoms with Gasteiger partial charge in [-0.15, -0.1) is 0 Å². The van der Waals surface area contributed by atoms with Crippen molar-refractivity contribution in [2.24, 2.45) is 12.1 Å². The summed E-state index contributed by atoms with van der Waals surface area (Å²) < 4.78 is 30.2. The Kier molecular flexibility index (Phi) is 5.82. The first kappa shape index (κ1) is 22.4. The molecule has 0 unspecified atom stereocenters. The quantitative estimate of drug-likeness (QED) is 0.574. The zero-order valence-electron chi connectivity index (χ0n) is 18.8. The van der Waals surface area contributed by atoms with Gasteiger partial charge in [-0.05, 0) is 35.9 Å². The number of nitriles is 1. The number of pyridine rings is 1. The molecule has 1 saturated heterocycles. The highest BCUT2D eigenvalue weighted by atomic mass is 19.1. The summed E-state index contributed by atoms with van der Waals surface area (Å²) >= 11 is 0. The Labute approximate surface area is 199 Å². The predicted octanol–water partition coefficient (Wildman–Crippen LogP) is 2.70. The van der Waals surface area contributed by atoms with Gasteiger partial charge in [0.05, 0.1) is 17.7 Å². The SMILES string of the molecule is Cn1ncnc1-c1ccc(F)c(N2CCN(C(=O)N3N=CC[C@H]3c3cc(F)cc(C#N)c3)CC2)n1. The molecule has 3 aromatic rings. The van der Waals surface area contributed by atoms with E-state index in [0.717, 1.165) is 6.07 Å². The molecule has 10 nitrogen and oxygen atoms in total. The Morgan fingerprint density at radius 1 is 1.14 bits per heavy atom. The molecular formula is C23H21F2N9O. The van der Waals surface area contributed by atoms with Gasteiger partial charge in [-0.1, -0.05) is 0 Å². The van der Waals surface area contributed by atoms with E-state index in [-0.39, 0.29) is 17.4 Å². The smallest absolute Gasteiger partial charge is 0.341 e. The van der Waals surface area contributed by atoms with Gasteiger partial charge in [0.15, 0.2) is 17.5 Å². The van der Waals surface area contributed by atoms with Gasteiger partial charge in [0.25, 0.3) is 0 Å². The zero-order valence-corrected chi connectivity index (χ0v) is 18.8. The molecule has 178 valence electrons. The van der Waals surface area contributed by atoms with Crippen molar-refractivity contribution in [3.63, 3.8) is 0 Å². The van der Waals surface area contributed by atoms with E-state index >= 15 is 0 Å². The number of urea groups is 1.